The minimum atomic E-state index is -0.565. The highest BCUT2D eigenvalue weighted by atomic mass is 32.2. The number of carbonyl (C=O) groups is 3. The van der Waals surface area contributed by atoms with Crippen molar-refractivity contribution in [2.24, 2.45) is 0 Å². The molecule has 0 radical (unpaired) electrons. The number of benzene rings is 6. The lowest BCUT2D eigenvalue weighted by Gasteiger charge is -2.17. The zero-order valence-electron chi connectivity index (χ0n) is 29.8. The molecule has 1 unspecified atom stereocenters. The third kappa shape index (κ3) is 9.71. The number of anilines is 2. The van der Waals surface area contributed by atoms with Crippen LogP contribution in [0.1, 0.15) is 32.3 Å². The second kappa shape index (κ2) is 17.5. The van der Waals surface area contributed by atoms with Crippen molar-refractivity contribution in [3.8, 4) is 22.4 Å². The van der Waals surface area contributed by atoms with E-state index in [2.05, 4.69) is 20.9 Å². The average molecular weight is 757 g/mol. The number of nitrogens with zero attached hydrogens (tertiary/aromatic N) is 1. The number of thiazole rings is 1. The van der Waals surface area contributed by atoms with Gasteiger partial charge in [0, 0.05) is 27.1 Å². The Bertz CT molecular complexity index is 2410. The second-order valence-electron chi connectivity index (χ2n) is 12.6. The summed E-state index contributed by atoms with van der Waals surface area (Å²) in [5.74, 6) is -1.07. The number of thioether (sulfide) groups is 1. The second-order valence-corrected chi connectivity index (χ2v) is 14.7. The van der Waals surface area contributed by atoms with Gasteiger partial charge in [-0.15, -0.1) is 23.1 Å². The molecule has 0 fully saturated rings. The summed E-state index contributed by atoms with van der Waals surface area (Å²) in [6.45, 7) is 2.04. The zero-order chi connectivity index (χ0) is 38.0. The summed E-state index contributed by atoms with van der Waals surface area (Å²) in [4.78, 5) is 46.2. The van der Waals surface area contributed by atoms with E-state index in [-0.39, 0.29) is 11.6 Å². The molecule has 1 aromatic heterocycles. The Kier molecular flexibility index (Phi) is 11.7. The van der Waals surface area contributed by atoms with Crippen molar-refractivity contribution in [2.75, 3.05) is 10.6 Å². The van der Waals surface area contributed by atoms with Gasteiger partial charge in [-0.25, -0.2) is 4.98 Å². The maximum Gasteiger partial charge on any atom is 0.272 e. The van der Waals surface area contributed by atoms with Gasteiger partial charge < -0.3 is 16.0 Å². The average Bonchev–Trinajstić information content (AvgIpc) is 3.70. The van der Waals surface area contributed by atoms with Gasteiger partial charge in [0.2, 0.25) is 5.91 Å². The molecule has 7 nitrogen and oxygen atoms in total. The Morgan fingerprint density at radius 3 is 1.93 bits per heavy atom. The van der Waals surface area contributed by atoms with Gasteiger partial charge in [0.05, 0.1) is 5.69 Å². The molecule has 6 aromatic carbocycles. The van der Waals surface area contributed by atoms with Crippen molar-refractivity contribution < 1.29 is 14.4 Å². The van der Waals surface area contributed by atoms with E-state index in [9.17, 15) is 14.4 Å². The summed E-state index contributed by atoms with van der Waals surface area (Å²) >= 11 is 2.78. The van der Waals surface area contributed by atoms with E-state index in [4.69, 9.17) is 0 Å². The number of hydrogen-bond acceptors (Lipinski definition) is 6. The van der Waals surface area contributed by atoms with Crippen LogP contribution in [0.2, 0.25) is 0 Å². The molecule has 270 valence electrons. The van der Waals surface area contributed by atoms with E-state index >= 15 is 0 Å². The molecule has 1 atom stereocenters. The molecule has 9 heteroatoms. The maximum atomic E-state index is 13.8. The summed E-state index contributed by atoms with van der Waals surface area (Å²) in [5.41, 5.74) is 7.73. The van der Waals surface area contributed by atoms with E-state index in [1.165, 1.54) is 28.7 Å². The standard InChI is InChI=1S/C46H36N4O3S2/c1-31-17-21-35(22-18-31)41-30-54-46(49-41)50-45(53)42(36-13-7-3-8-14-36)55-39-27-25-38(26-28-39)47-44(52)40(48-43(51)37-15-9-4-10-16-37)29-32-19-23-34(24-20-32)33-11-5-2-6-12-33/h2-30,42H,1H3,(H,47,52)(H,48,51)(H,49,50,53)/b40-29-. The number of aromatic nitrogens is 1. The Morgan fingerprint density at radius 1 is 0.655 bits per heavy atom. The molecule has 3 N–H and O–H groups in total. The predicted octanol–water partition coefficient (Wildman–Crippen LogP) is 10.7. The van der Waals surface area contributed by atoms with Crippen LogP contribution >= 0.6 is 23.1 Å². The van der Waals surface area contributed by atoms with Crippen LogP contribution in [-0.2, 0) is 9.59 Å². The van der Waals surface area contributed by atoms with Crippen LogP contribution in [0.15, 0.2) is 180 Å². The number of rotatable bonds is 12. The van der Waals surface area contributed by atoms with Gasteiger partial charge in [-0.05, 0) is 71.7 Å². The fourth-order valence-corrected chi connectivity index (χ4v) is 7.47. The summed E-state index contributed by atoms with van der Waals surface area (Å²) in [5, 5.41) is 10.6. The van der Waals surface area contributed by atoms with Gasteiger partial charge >= 0.3 is 0 Å². The van der Waals surface area contributed by atoms with Crippen LogP contribution in [0.5, 0.6) is 0 Å². The van der Waals surface area contributed by atoms with Crippen LogP contribution in [0, 0.1) is 6.92 Å². The minimum absolute atomic E-state index is 0.0910. The smallest absolute Gasteiger partial charge is 0.272 e. The molecule has 0 aliphatic heterocycles. The zero-order valence-corrected chi connectivity index (χ0v) is 31.4. The third-order valence-electron chi connectivity index (χ3n) is 8.65. The topological polar surface area (TPSA) is 100 Å². The van der Waals surface area contributed by atoms with Crippen molar-refractivity contribution in [1.82, 2.24) is 10.3 Å². The molecule has 7 rings (SSSR count). The van der Waals surface area contributed by atoms with Crippen LogP contribution in [0.3, 0.4) is 0 Å². The van der Waals surface area contributed by atoms with Gasteiger partial charge in [0.15, 0.2) is 5.13 Å². The summed E-state index contributed by atoms with van der Waals surface area (Å²) < 4.78 is 0. The van der Waals surface area contributed by atoms with Gasteiger partial charge in [0.1, 0.15) is 10.9 Å². The molecule has 0 spiro atoms. The molecule has 0 bridgehead atoms. The van der Waals surface area contributed by atoms with E-state index in [0.717, 1.165) is 38.4 Å². The first-order valence-electron chi connectivity index (χ1n) is 17.6. The number of nitrogens with one attached hydrogen (secondary N) is 3. The van der Waals surface area contributed by atoms with Gasteiger partial charge in [-0.1, -0.05) is 133 Å². The van der Waals surface area contributed by atoms with Crippen molar-refractivity contribution in [2.45, 2.75) is 17.1 Å². The molecule has 0 aliphatic carbocycles. The summed E-state index contributed by atoms with van der Waals surface area (Å²) in [6.07, 6.45) is 1.66. The first-order valence-corrected chi connectivity index (χ1v) is 19.3. The van der Waals surface area contributed by atoms with Crippen molar-refractivity contribution in [3.05, 3.63) is 197 Å². The quantitative estimate of drug-likeness (QED) is 0.0851. The Morgan fingerprint density at radius 2 is 1.25 bits per heavy atom. The monoisotopic (exact) mass is 756 g/mol. The predicted molar refractivity (Wildman–Crippen MR) is 225 cm³/mol. The molecule has 3 amide bonds. The SMILES string of the molecule is Cc1ccc(-c2csc(NC(=O)C(Sc3ccc(NC(=O)/C(=C/c4ccc(-c5ccccc5)cc4)NC(=O)c4ccccc4)cc3)c3ccccc3)n2)cc1. The maximum absolute atomic E-state index is 13.8. The van der Waals surface area contributed by atoms with E-state index in [1.54, 1.807) is 42.5 Å². The van der Waals surface area contributed by atoms with Gasteiger partial charge in [-0.3, -0.25) is 14.4 Å². The molecule has 0 saturated heterocycles. The van der Waals surface area contributed by atoms with E-state index in [0.29, 0.717) is 16.4 Å². The lowest BCUT2D eigenvalue weighted by Crippen LogP contribution is -2.30. The Hall–Kier alpha value is -6.55. The largest absolute Gasteiger partial charge is 0.321 e. The van der Waals surface area contributed by atoms with E-state index < -0.39 is 17.1 Å². The number of hydrogen-bond donors (Lipinski definition) is 3. The molecule has 0 aliphatic rings. The van der Waals surface area contributed by atoms with Crippen LogP contribution in [0.25, 0.3) is 28.5 Å². The summed E-state index contributed by atoms with van der Waals surface area (Å²) in [6, 6.07) is 51.5. The van der Waals surface area contributed by atoms with Crippen LogP contribution in [-0.4, -0.2) is 22.7 Å². The first-order chi connectivity index (χ1) is 26.9. The summed E-state index contributed by atoms with van der Waals surface area (Å²) in [7, 11) is 0. The molecular weight excluding hydrogens is 721 g/mol. The minimum Gasteiger partial charge on any atom is -0.321 e. The highest BCUT2D eigenvalue weighted by molar-refractivity contribution is 8.00. The van der Waals surface area contributed by atoms with Crippen LogP contribution in [0.4, 0.5) is 10.8 Å². The van der Waals surface area contributed by atoms with Crippen LogP contribution < -0.4 is 16.0 Å². The molecule has 55 heavy (non-hydrogen) atoms. The number of aryl methyl sites for hydroxylation is 1. The van der Waals surface area contributed by atoms with Crippen molar-refractivity contribution >= 4 is 57.7 Å². The number of carbonyl (C=O) groups excluding carboxylic acids is 3. The molecular formula is C46H36N4O3S2. The highest BCUT2D eigenvalue weighted by Crippen LogP contribution is 2.37. The first kappa shape index (κ1) is 36.8. The Labute approximate surface area is 328 Å². The van der Waals surface area contributed by atoms with Crippen molar-refractivity contribution in [1.29, 1.82) is 0 Å². The lowest BCUT2D eigenvalue weighted by molar-refractivity contribution is -0.116. The molecule has 7 aromatic rings. The molecule has 1 heterocycles. The highest BCUT2D eigenvalue weighted by Gasteiger charge is 2.24. The Balaban J connectivity index is 1.07. The normalized spacial score (nSPS) is 11.7. The fourth-order valence-electron chi connectivity index (χ4n) is 5.72. The molecule has 0 saturated carbocycles. The van der Waals surface area contributed by atoms with E-state index in [1.807, 2.05) is 140 Å². The van der Waals surface area contributed by atoms with Gasteiger partial charge in [-0.2, -0.15) is 0 Å². The lowest BCUT2D eigenvalue weighted by atomic mass is 10.0. The van der Waals surface area contributed by atoms with Gasteiger partial charge in [0.25, 0.3) is 11.8 Å². The fraction of sp³-hybridized carbons (Fsp3) is 0.0435. The van der Waals surface area contributed by atoms with Crippen molar-refractivity contribution in [3.63, 3.8) is 0 Å². The number of amides is 3. The third-order valence-corrected chi connectivity index (χ3v) is 10.7.